The van der Waals surface area contributed by atoms with Crippen molar-refractivity contribution in [3.05, 3.63) is 0 Å². The second-order valence-electron chi connectivity index (χ2n) is 12.7. The normalized spacial score (nSPS) is 50.7. The third-order valence-electron chi connectivity index (χ3n) is 11.0. The molecule has 0 aliphatic heterocycles. The van der Waals surface area contributed by atoms with Gasteiger partial charge in [0.05, 0.1) is 11.7 Å². The molecular weight excluding hydrogens is 356 g/mol. The van der Waals surface area contributed by atoms with E-state index in [1.807, 2.05) is 0 Å². The van der Waals surface area contributed by atoms with Crippen LogP contribution in [0.3, 0.4) is 0 Å². The van der Waals surface area contributed by atoms with Crippen LogP contribution in [0.15, 0.2) is 0 Å². The van der Waals surface area contributed by atoms with E-state index in [0.717, 1.165) is 49.4 Å². The van der Waals surface area contributed by atoms with E-state index in [0.29, 0.717) is 17.3 Å². The van der Waals surface area contributed by atoms with Crippen molar-refractivity contribution in [1.82, 2.24) is 0 Å². The molecule has 4 aliphatic rings. The maximum atomic E-state index is 11.6. The summed E-state index contributed by atoms with van der Waals surface area (Å²) >= 11 is 0. The molecule has 2 N–H and O–H groups in total. The van der Waals surface area contributed by atoms with Gasteiger partial charge in [0, 0.05) is 5.41 Å². The van der Waals surface area contributed by atoms with Crippen LogP contribution in [0, 0.1) is 46.3 Å². The summed E-state index contributed by atoms with van der Waals surface area (Å²) in [6, 6.07) is 0. The van der Waals surface area contributed by atoms with Crippen LogP contribution in [0.4, 0.5) is 0 Å². The molecule has 2 nitrogen and oxygen atoms in total. The van der Waals surface area contributed by atoms with Gasteiger partial charge in [-0.3, -0.25) is 0 Å². The molecule has 4 rings (SSSR count). The van der Waals surface area contributed by atoms with Gasteiger partial charge >= 0.3 is 0 Å². The van der Waals surface area contributed by atoms with Crippen molar-refractivity contribution in [3.8, 4) is 0 Å². The molecule has 4 aliphatic carbocycles. The Hall–Kier alpha value is -0.0800. The number of aliphatic hydroxyl groups is 2. The molecule has 0 aromatic carbocycles. The standard InChI is InChI=1S/C27H48O2/c1-18(2)9-8-10-19(3)21-11-12-22-20-17-24(28)27(29)15-7-6-14-26(27,5)23(20)13-16-25(21,22)4/h18-24,28-29H,6-17H2,1-5H3/t19-,20+,21-,22+,23+,24?,25-,26-,27?/m1/s1. The van der Waals surface area contributed by atoms with Crippen LogP contribution in [0.1, 0.15) is 112 Å². The van der Waals surface area contributed by atoms with Crippen LogP contribution in [0.5, 0.6) is 0 Å². The number of hydrogen-bond donors (Lipinski definition) is 2. The lowest BCUT2D eigenvalue weighted by molar-refractivity contribution is -0.253. The summed E-state index contributed by atoms with van der Waals surface area (Å²) in [5, 5.41) is 22.8. The zero-order chi connectivity index (χ0) is 21.0. The van der Waals surface area contributed by atoms with Gasteiger partial charge in [-0.1, -0.05) is 66.7 Å². The highest BCUT2D eigenvalue weighted by molar-refractivity contribution is 5.16. The Labute approximate surface area is 180 Å². The molecule has 0 radical (unpaired) electrons. The Morgan fingerprint density at radius 3 is 2.34 bits per heavy atom. The van der Waals surface area contributed by atoms with Gasteiger partial charge in [0.1, 0.15) is 0 Å². The van der Waals surface area contributed by atoms with E-state index in [4.69, 9.17) is 0 Å². The minimum Gasteiger partial charge on any atom is -0.390 e. The molecule has 168 valence electrons. The minimum absolute atomic E-state index is 0.0735. The summed E-state index contributed by atoms with van der Waals surface area (Å²) in [6.07, 6.45) is 14.1. The van der Waals surface area contributed by atoms with Crippen LogP contribution in [0.2, 0.25) is 0 Å². The quantitative estimate of drug-likeness (QED) is 0.543. The van der Waals surface area contributed by atoms with E-state index >= 15 is 0 Å². The Morgan fingerprint density at radius 2 is 1.62 bits per heavy atom. The second-order valence-corrected chi connectivity index (χ2v) is 12.7. The molecule has 2 unspecified atom stereocenters. The van der Waals surface area contributed by atoms with Gasteiger partial charge in [-0.15, -0.1) is 0 Å². The summed E-state index contributed by atoms with van der Waals surface area (Å²) < 4.78 is 0. The molecule has 4 fully saturated rings. The average Bonchev–Trinajstić information content (AvgIpc) is 3.01. The Kier molecular flexibility index (Phi) is 5.95. The van der Waals surface area contributed by atoms with Crippen molar-refractivity contribution in [3.63, 3.8) is 0 Å². The average molecular weight is 405 g/mol. The first-order chi connectivity index (χ1) is 13.6. The van der Waals surface area contributed by atoms with Crippen LogP contribution in [0.25, 0.3) is 0 Å². The van der Waals surface area contributed by atoms with Crippen molar-refractivity contribution < 1.29 is 10.2 Å². The highest BCUT2D eigenvalue weighted by Gasteiger charge is 2.66. The van der Waals surface area contributed by atoms with E-state index in [2.05, 4.69) is 34.6 Å². The van der Waals surface area contributed by atoms with Gasteiger partial charge in [-0.05, 0) is 85.9 Å². The van der Waals surface area contributed by atoms with Crippen LogP contribution in [-0.2, 0) is 0 Å². The third-order valence-corrected chi connectivity index (χ3v) is 11.0. The third kappa shape index (κ3) is 3.34. The molecule has 0 saturated heterocycles. The van der Waals surface area contributed by atoms with Gasteiger partial charge in [0.25, 0.3) is 0 Å². The first-order valence-corrected chi connectivity index (χ1v) is 13.0. The van der Waals surface area contributed by atoms with Gasteiger partial charge < -0.3 is 10.2 Å². The lowest BCUT2D eigenvalue weighted by Crippen LogP contribution is -2.67. The smallest absolute Gasteiger partial charge is 0.0961 e. The van der Waals surface area contributed by atoms with E-state index in [-0.39, 0.29) is 5.41 Å². The SMILES string of the molecule is CC(C)CCC[C@@H](C)[C@H]1CC[C@H]2[C@@H]3CC(O)C4(O)CCCC[C@]4(C)[C@H]3CC[C@]12C. The van der Waals surface area contributed by atoms with Crippen LogP contribution >= 0.6 is 0 Å². The fraction of sp³-hybridized carbons (Fsp3) is 1.00. The molecule has 29 heavy (non-hydrogen) atoms. The predicted molar refractivity (Wildman–Crippen MR) is 121 cm³/mol. The minimum atomic E-state index is -0.831. The lowest BCUT2D eigenvalue weighted by Gasteiger charge is -2.65. The highest BCUT2D eigenvalue weighted by atomic mass is 16.3. The van der Waals surface area contributed by atoms with Crippen molar-refractivity contribution in [2.75, 3.05) is 0 Å². The topological polar surface area (TPSA) is 40.5 Å². The van der Waals surface area contributed by atoms with Gasteiger partial charge in [0.2, 0.25) is 0 Å². The zero-order valence-electron chi connectivity index (χ0n) is 19.9. The van der Waals surface area contributed by atoms with Crippen molar-refractivity contribution in [2.45, 2.75) is 123 Å². The van der Waals surface area contributed by atoms with E-state index in [1.54, 1.807) is 0 Å². The van der Waals surface area contributed by atoms with Crippen LogP contribution < -0.4 is 0 Å². The first-order valence-electron chi connectivity index (χ1n) is 13.0. The van der Waals surface area contributed by atoms with Crippen LogP contribution in [-0.4, -0.2) is 21.9 Å². The Bertz CT molecular complexity index is 587. The summed E-state index contributed by atoms with van der Waals surface area (Å²) in [4.78, 5) is 0. The van der Waals surface area contributed by atoms with E-state index < -0.39 is 11.7 Å². The fourth-order valence-corrected chi connectivity index (χ4v) is 9.33. The molecule has 0 aromatic rings. The van der Waals surface area contributed by atoms with E-state index in [9.17, 15) is 10.2 Å². The lowest BCUT2D eigenvalue weighted by atomic mass is 9.42. The number of aliphatic hydroxyl groups excluding tert-OH is 1. The van der Waals surface area contributed by atoms with Gasteiger partial charge in [-0.25, -0.2) is 0 Å². The molecule has 0 amide bonds. The molecule has 4 saturated carbocycles. The van der Waals surface area contributed by atoms with Gasteiger partial charge in [0.15, 0.2) is 0 Å². The first kappa shape index (κ1) is 22.1. The Morgan fingerprint density at radius 1 is 0.897 bits per heavy atom. The number of hydrogen-bond acceptors (Lipinski definition) is 2. The molecule has 9 atom stereocenters. The summed E-state index contributed by atoms with van der Waals surface area (Å²) in [5.74, 6) is 4.51. The van der Waals surface area contributed by atoms with Crippen molar-refractivity contribution in [2.24, 2.45) is 46.3 Å². The zero-order valence-corrected chi connectivity index (χ0v) is 19.9. The van der Waals surface area contributed by atoms with Gasteiger partial charge in [-0.2, -0.15) is 0 Å². The largest absolute Gasteiger partial charge is 0.390 e. The summed E-state index contributed by atoms with van der Waals surface area (Å²) in [6.45, 7) is 12.2. The number of rotatable bonds is 5. The van der Waals surface area contributed by atoms with E-state index in [1.165, 1.54) is 51.4 Å². The summed E-state index contributed by atoms with van der Waals surface area (Å²) in [5.41, 5.74) is -0.448. The molecular formula is C27H48O2. The van der Waals surface area contributed by atoms with Crippen molar-refractivity contribution >= 4 is 0 Å². The summed E-state index contributed by atoms with van der Waals surface area (Å²) in [7, 11) is 0. The molecule has 0 bridgehead atoms. The molecule has 0 aromatic heterocycles. The highest BCUT2D eigenvalue weighted by Crippen LogP contribution is 2.69. The monoisotopic (exact) mass is 404 g/mol. The molecule has 2 heteroatoms. The second kappa shape index (κ2) is 7.80. The predicted octanol–water partition coefficient (Wildman–Crippen LogP) is 6.58. The maximum Gasteiger partial charge on any atom is 0.0961 e. The fourth-order valence-electron chi connectivity index (χ4n) is 9.33. The molecule has 0 spiro atoms. The Balaban J connectivity index is 1.53. The number of fused-ring (bicyclic) bond motifs is 5. The maximum absolute atomic E-state index is 11.6. The van der Waals surface area contributed by atoms with Crippen molar-refractivity contribution in [1.29, 1.82) is 0 Å². The molecule has 0 heterocycles.